The minimum Gasteiger partial charge on any atom is -0.506 e. The number of aliphatic hydroxyl groups is 3. The summed E-state index contributed by atoms with van der Waals surface area (Å²) in [5.74, 6) is -5.35. The zero-order chi connectivity index (χ0) is 26.9. The molecular formula is C20H25N5O11. The third-order valence-corrected chi connectivity index (χ3v) is 5.86. The van der Waals surface area contributed by atoms with E-state index in [2.05, 4.69) is 10.3 Å². The average Bonchev–Trinajstić information content (AvgIpc) is 3.35. The average molecular weight is 511 g/mol. The first-order valence-electron chi connectivity index (χ1n) is 10.5. The molecule has 16 nitrogen and oxygen atoms in total. The number of carboxylic acid groups (broad SMARTS) is 2. The number of hydrogen-bond donors (Lipinski definition) is 9. The van der Waals surface area contributed by atoms with E-state index in [1.165, 1.54) is 19.1 Å². The van der Waals surface area contributed by atoms with E-state index in [-0.39, 0.29) is 11.4 Å². The number of nitrogens with zero attached hydrogens (tertiary/aromatic N) is 2. The van der Waals surface area contributed by atoms with Crippen LogP contribution in [0.3, 0.4) is 0 Å². The molecule has 196 valence electrons. The number of carbonyl (C=O) groups is 3. The van der Waals surface area contributed by atoms with Crippen molar-refractivity contribution in [2.45, 2.75) is 49.7 Å². The van der Waals surface area contributed by atoms with Crippen molar-refractivity contribution >= 4 is 17.8 Å². The standard InChI is InChI=1S/C20H25N5O11/c1-6(12(27)8-3-2-7(26)4-22-8)10(21)16(30)24-11(19(33)34)15-13(28)14(29)17(36-15)25-5-9(18(31)32)23-20(25)35/h2-6,10-15,17,26-29H,21H2,1H3,(H,23,35)(H,24,30)(H,31,32)(H,33,34). The molecule has 1 saturated heterocycles. The van der Waals surface area contributed by atoms with Gasteiger partial charge in [-0.1, -0.05) is 6.92 Å². The van der Waals surface area contributed by atoms with Gasteiger partial charge >= 0.3 is 17.6 Å². The summed E-state index contributed by atoms with van der Waals surface area (Å²) in [5.41, 5.74) is 4.45. The van der Waals surface area contributed by atoms with Crippen LogP contribution < -0.4 is 16.7 Å². The Hall–Kier alpha value is -3.83. The van der Waals surface area contributed by atoms with Crippen LogP contribution in [0.5, 0.6) is 5.75 Å². The molecule has 0 aromatic carbocycles. The van der Waals surface area contributed by atoms with E-state index in [9.17, 15) is 44.7 Å². The second-order valence-electron chi connectivity index (χ2n) is 8.25. The van der Waals surface area contributed by atoms with Crippen molar-refractivity contribution in [3.8, 4) is 5.75 Å². The van der Waals surface area contributed by atoms with Gasteiger partial charge in [0.05, 0.1) is 17.9 Å². The number of aromatic nitrogens is 3. The summed E-state index contributed by atoms with van der Waals surface area (Å²) in [6, 6.07) is -0.852. The Bertz CT molecular complexity index is 1180. The van der Waals surface area contributed by atoms with Crippen LogP contribution in [0, 0.1) is 5.92 Å². The number of ether oxygens (including phenoxy) is 1. The highest BCUT2D eigenvalue weighted by Crippen LogP contribution is 2.31. The Balaban J connectivity index is 1.76. The minimum absolute atomic E-state index is 0.0940. The second-order valence-corrected chi connectivity index (χ2v) is 8.25. The van der Waals surface area contributed by atoms with Gasteiger partial charge in [-0.3, -0.25) is 19.3 Å². The van der Waals surface area contributed by atoms with Gasteiger partial charge in [-0.25, -0.2) is 14.4 Å². The lowest BCUT2D eigenvalue weighted by Gasteiger charge is -2.28. The molecule has 0 saturated carbocycles. The number of aliphatic carboxylic acids is 1. The molecule has 0 aliphatic carbocycles. The number of pyridine rings is 1. The van der Waals surface area contributed by atoms with Crippen LogP contribution in [0.2, 0.25) is 0 Å². The summed E-state index contributed by atoms with van der Waals surface area (Å²) in [7, 11) is 0. The molecule has 3 heterocycles. The lowest BCUT2D eigenvalue weighted by molar-refractivity contribution is -0.149. The molecule has 0 radical (unpaired) electrons. The fourth-order valence-corrected chi connectivity index (χ4v) is 3.71. The van der Waals surface area contributed by atoms with Crippen LogP contribution in [0.4, 0.5) is 0 Å². The number of nitrogens with one attached hydrogen (secondary N) is 2. The van der Waals surface area contributed by atoms with Crippen molar-refractivity contribution < 1.29 is 49.8 Å². The number of aromatic carboxylic acids is 1. The first-order valence-corrected chi connectivity index (χ1v) is 10.5. The highest BCUT2D eigenvalue weighted by Gasteiger charge is 2.50. The van der Waals surface area contributed by atoms with E-state index in [1.54, 1.807) is 0 Å². The molecular weight excluding hydrogens is 486 g/mol. The molecule has 1 amide bonds. The van der Waals surface area contributed by atoms with E-state index in [4.69, 9.17) is 15.6 Å². The predicted molar refractivity (Wildman–Crippen MR) is 116 cm³/mol. The zero-order valence-corrected chi connectivity index (χ0v) is 18.6. The molecule has 16 heteroatoms. The monoisotopic (exact) mass is 511 g/mol. The van der Waals surface area contributed by atoms with Crippen LogP contribution in [0.15, 0.2) is 29.3 Å². The molecule has 36 heavy (non-hydrogen) atoms. The molecule has 2 aromatic rings. The number of nitrogens with two attached hydrogens (primary N) is 1. The molecule has 0 bridgehead atoms. The van der Waals surface area contributed by atoms with Gasteiger partial charge in [0.1, 0.15) is 35.9 Å². The van der Waals surface area contributed by atoms with Crippen LogP contribution in [0.1, 0.15) is 35.4 Å². The van der Waals surface area contributed by atoms with Crippen molar-refractivity contribution in [1.82, 2.24) is 19.9 Å². The van der Waals surface area contributed by atoms with Gasteiger partial charge < -0.3 is 46.4 Å². The van der Waals surface area contributed by atoms with Crippen molar-refractivity contribution in [3.63, 3.8) is 0 Å². The van der Waals surface area contributed by atoms with E-state index < -0.39 is 77.9 Å². The summed E-state index contributed by atoms with van der Waals surface area (Å²) in [6.45, 7) is 1.40. The van der Waals surface area contributed by atoms with Gasteiger partial charge in [-0.2, -0.15) is 0 Å². The summed E-state index contributed by atoms with van der Waals surface area (Å²) in [5, 5.41) is 61.3. The second kappa shape index (κ2) is 10.4. The normalized spacial score (nSPS) is 25.0. The number of imidazole rings is 1. The summed E-state index contributed by atoms with van der Waals surface area (Å²) < 4.78 is 6.00. The van der Waals surface area contributed by atoms with Gasteiger partial charge in [0, 0.05) is 12.1 Å². The van der Waals surface area contributed by atoms with Crippen molar-refractivity contribution in [2.75, 3.05) is 0 Å². The van der Waals surface area contributed by atoms with Crippen LogP contribution in [-0.2, 0) is 14.3 Å². The molecule has 3 rings (SSSR count). The van der Waals surface area contributed by atoms with E-state index in [0.717, 1.165) is 12.4 Å². The van der Waals surface area contributed by atoms with Crippen LogP contribution in [-0.4, -0.2) is 93.4 Å². The van der Waals surface area contributed by atoms with E-state index in [0.29, 0.717) is 4.57 Å². The number of H-pyrrole nitrogens is 1. The highest BCUT2D eigenvalue weighted by molar-refractivity contribution is 5.87. The Labute approximate surface area is 201 Å². The summed E-state index contributed by atoms with van der Waals surface area (Å²) in [4.78, 5) is 53.6. The quantitative estimate of drug-likeness (QED) is 0.161. The Morgan fingerprint density at radius 3 is 2.42 bits per heavy atom. The Kier molecular flexibility index (Phi) is 7.75. The highest BCUT2D eigenvalue weighted by atomic mass is 16.6. The zero-order valence-electron chi connectivity index (χ0n) is 18.6. The smallest absolute Gasteiger partial charge is 0.353 e. The summed E-state index contributed by atoms with van der Waals surface area (Å²) in [6.07, 6.45) is -6.70. The number of hydrogen-bond acceptors (Lipinski definition) is 11. The van der Waals surface area contributed by atoms with Gasteiger partial charge in [0.15, 0.2) is 12.3 Å². The third-order valence-electron chi connectivity index (χ3n) is 5.86. The molecule has 1 aliphatic rings. The fourth-order valence-electron chi connectivity index (χ4n) is 3.71. The van der Waals surface area contributed by atoms with E-state index >= 15 is 0 Å². The topological polar surface area (TPSA) is 271 Å². The van der Waals surface area contributed by atoms with Gasteiger partial charge in [0.25, 0.3) is 0 Å². The number of carboxylic acids is 2. The largest absolute Gasteiger partial charge is 0.506 e. The first-order chi connectivity index (χ1) is 16.8. The minimum atomic E-state index is -1.96. The van der Waals surface area contributed by atoms with Gasteiger partial charge in [-0.05, 0) is 12.1 Å². The number of rotatable bonds is 9. The first kappa shape index (κ1) is 26.8. The van der Waals surface area contributed by atoms with Crippen molar-refractivity contribution in [1.29, 1.82) is 0 Å². The predicted octanol–water partition coefficient (Wildman–Crippen LogP) is -3.14. The molecule has 1 aliphatic heterocycles. The Morgan fingerprint density at radius 2 is 1.89 bits per heavy atom. The molecule has 2 aromatic heterocycles. The maximum absolute atomic E-state index is 12.7. The number of aromatic hydroxyl groups is 1. The molecule has 8 atom stereocenters. The fraction of sp³-hybridized carbons (Fsp3) is 0.450. The maximum Gasteiger partial charge on any atom is 0.353 e. The van der Waals surface area contributed by atoms with E-state index in [1.807, 2.05) is 4.98 Å². The molecule has 1 fully saturated rings. The molecule has 0 spiro atoms. The number of amides is 1. The SMILES string of the molecule is CC(C(N)C(=O)NC(C(=O)O)C1OC(n2cc(C(=O)O)[nH]c2=O)C(O)C1O)C(O)c1ccc(O)cn1. The Morgan fingerprint density at radius 1 is 1.22 bits per heavy atom. The van der Waals surface area contributed by atoms with Gasteiger partial charge in [0.2, 0.25) is 5.91 Å². The summed E-state index contributed by atoms with van der Waals surface area (Å²) >= 11 is 0. The molecule has 10 N–H and O–H groups in total. The lowest BCUT2D eigenvalue weighted by Crippen LogP contribution is -2.57. The van der Waals surface area contributed by atoms with Crippen molar-refractivity contribution in [3.05, 3.63) is 46.4 Å². The third kappa shape index (κ3) is 5.21. The molecule has 8 unspecified atom stereocenters. The van der Waals surface area contributed by atoms with Crippen LogP contribution >= 0.6 is 0 Å². The number of aliphatic hydroxyl groups excluding tert-OH is 3. The van der Waals surface area contributed by atoms with Crippen LogP contribution in [0.25, 0.3) is 0 Å². The van der Waals surface area contributed by atoms with Gasteiger partial charge in [-0.15, -0.1) is 0 Å². The van der Waals surface area contributed by atoms with Crippen molar-refractivity contribution in [2.24, 2.45) is 11.7 Å². The number of aromatic amines is 1. The lowest BCUT2D eigenvalue weighted by atomic mass is 9.92. The number of carbonyl (C=O) groups excluding carboxylic acids is 1. The maximum atomic E-state index is 12.7.